The molecule has 1 aliphatic rings. The summed E-state index contributed by atoms with van der Waals surface area (Å²) in [5.41, 5.74) is 1.16. The topological polar surface area (TPSA) is 49.6 Å². The monoisotopic (exact) mass is 363 g/mol. The number of nitrogens with one attached hydrogen (secondary N) is 2. The van der Waals surface area contributed by atoms with E-state index in [1.165, 1.54) is 12.8 Å². The molecule has 102 valence electrons. The zero-order valence-electron chi connectivity index (χ0n) is 11.2. The van der Waals surface area contributed by atoms with Gasteiger partial charge in [0.1, 0.15) is 11.5 Å². The molecule has 0 aromatic carbocycles. The molecule has 2 rings (SSSR count). The summed E-state index contributed by atoms with van der Waals surface area (Å²) in [6, 6.07) is 2.68. The number of aliphatic imine (C=N–C) groups is 1. The summed E-state index contributed by atoms with van der Waals surface area (Å²) < 4.78 is 5.49. The van der Waals surface area contributed by atoms with E-state index in [4.69, 9.17) is 4.42 Å². The molecule has 0 amide bonds. The quantitative estimate of drug-likeness (QED) is 0.491. The van der Waals surface area contributed by atoms with E-state index in [1.54, 1.807) is 0 Å². The van der Waals surface area contributed by atoms with Gasteiger partial charge in [-0.15, -0.1) is 24.0 Å². The lowest BCUT2D eigenvalue weighted by Crippen LogP contribution is -2.38. The maximum atomic E-state index is 5.49. The first-order chi connectivity index (χ1) is 8.19. The van der Waals surface area contributed by atoms with Crippen LogP contribution in [-0.4, -0.2) is 18.5 Å². The Morgan fingerprint density at radius 2 is 2.17 bits per heavy atom. The van der Waals surface area contributed by atoms with Crippen LogP contribution in [0.15, 0.2) is 15.5 Å². The number of halogens is 1. The van der Waals surface area contributed by atoms with Gasteiger partial charge in [0.05, 0.1) is 6.54 Å². The molecule has 0 bridgehead atoms. The van der Waals surface area contributed by atoms with E-state index in [9.17, 15) is 0 Å². The first kappa shape index (κ1) is 15.3. The first-order valence-corrected chi connectivity index (χ1v) is 6.29. The molecule has 0 saturated heterocycles. The zero-order chi connectivity index (χ0) is 12.3. The molecule has 1 heterocycles. The Bertz CT molecular complexity index is 410. The second kappa shape index (κ2) is 7.01. The predicted octanol–water partition coefficient (Wildman–Crippen LogP) is 2.73. The van der Waals surface area contributed by atoms with Crippen molar-refractivity contribution >= 4 is 29.9 Å². The normalized spacial score (nSPS) is 15.2. The van der Waals surface area contributed by atoms with Crippen LogP contribution >= 0.6 is 24.0 Å². The highest BCUT2D eigenvalue weighted by Gasteiger charge is 2.22. The molecule has 0 radical (unpaired) electrons. The van der Waals surface area contributed by atoms with Crippen LogP contribution in [0.5, 0.6) is 0 Å². The number of furan rings is 1. The molecule has 5 heteroatoms. The summed E-state index contributed by atoms with van der Waals surface area (Å²) in [4.78, 5) is 4.57. The van der Waals surface area contributed by atoms with Crippen LogP contribution in [0.4, 0.5) is 0 Å². The lowest BCUT2D eigenvalue weighted by atomic mass is 10.2. The Balaban J connectivity index is 0.00000162. The van der Waals surface area contributed by atoms with Crippen molar-refractivity contribution in [3.8, 4) is 0 Å². The van der Waals surface area contributed by atoms with Crippen molar-refractivity contribution in [1.29, 1.82) is 0 Å². The number of hydrogen-bond donors (Lipinski definition) is 2. The van der Waals surface area contributed by atoms with Crippen LogP contribution in [0.1, 0.15) is 36.8 Å². The molecule has 0 aliphatic heterocycles. The predicted molar refractivity (Wildman–Crippen MR) is 84.6 cm³/mol. The van der Waals surface area contributed by atoms with Crippen molar-refractivity contribution in [3.63, 3.8) is 0 Å². The molecule has 0 unspecified atom stereocenters. The number of guanidine groups is 1. The Morgan fingerprint density at radius 3 is 2.67 bits per heavy atom. The summed E-state index contributed by atoms with van der Waals surface area (Å²) in [6.45, 7) is 7.59. The Hall–Kier alpha value is -0.720. The third-order valence-corrected chi connectivity index (χ3v) is 2.81. The van der Waals surface area contributed by atoms with E-state index in [2.05, 4.69) is 28.6 Å². The smallest absolute Gasteiger partial charge is 0.191 e. The maximum Gasteiger partial charge on any atom is 0.191 e. The van der Waals surface area contributed by atoms with Crippen molar-refractivity contribution in [3.05, 3.63) is 23.2 Å². The summed E-state index contributed by atoms with van der Waals surface area (Å²) in [5.74, 6) is 2.83. The molecule has 1 aromatic heterocycles. The molecule has 0 spiro atoms. The van der Waals surface area contributed by atoms with Gasteiger partial charge in [-0.2, -0.15) is 0 Å². The van der Waals surface area contributed by atoms with Crippen LogP contribution in [0.2, 0.25) is 0 Å². The number of hydrogen-bond acceptors (Lipinski definition) is 2. The molecular formula is C13H22IN3O. The second-order valence-corrected chi connectivity index (χ2v) is 4.55. The molecule has 18 heavy (non-hydrogen) atoms. The van der Waals surface area contributed by atoms with E-state index in [-0.39, 0.29) is 24.0 Å². The van der Waals surface area contributed by atoms with Gasteiger partial charge in [0.2, 0.25) is 0 Å². The number of rotatable bonds is 4. The minimum atomic E-state index is 0. The van der Waals surface area contributed by atoms with Gasteiger partial charge >= 0.3 is 0 Å². The van der Waals surface area contributed by atoms with Gasteiger partial charge in [-0.25, -0.2) is 4.99 Å². The largest absolute Gasteiger partial charge is 0.466 e. The SMILES string of the molecule is CCNC(=NCc1cc(C)oc1C)NC1CC1.I. The highest BCUT2D eigenvalue weighted by atomic mass is 127. The second-order valence-electron chi connectivity index (χ2n) is 4.55. The fourth-order valence-corrected chi connectivity index (χ4v) is 1.75. The molecule has 1 aliphatic carbocycles. The Morgan fingerprint density at radius 1 is 1.44 bits per heavy atom. The van der Waals surface area contributed by atoms with Crippen LogP contribution in [0, 0.1) is 13.8 Å². The van der Waals surface area contributed by atoms with Crippen molar-refractivity contribution in [2.45, 2.75) is 46.2 Å². The molecular weight excluding hydrogens is 341 g/mol. The standard InChI is InChI=1S/C13H21N3O.HI/c1-4-14-13(16-12-5-6-12)15-8-11-7-9(2)17-10(11)3;/h7,12H,4-6,8H2,1-3H3,(H2,14,15,16);1H. The van der Waals surface area contributed by atoms with E-state index in [0.717, 1.165) is 29.6 Å². The van der Waals surface area contributed by atoms with Gasteiger partial charge < -0.3 is 15.1 Å². The lowest BCUT2D eigenvalue weighted by Gasteiger charge is -2.09. The average Bonchev–Trinajstić information content (AvgIpc) is 3.02. The van der Waals surface area contributed by atoms with Crippen molar-refractivity contribution in [2.75, 3.05) is 6.54 Å². The highest BCUT2D eigenvalue weighted by molar-refractivity contribution is 14.0. The van der Waals surface area contributed by atoms with Gasteiger partial charge in [-0.1, -0.05) is 0 Å². The summed E-state index contributed by atoms with van der Waals surface area (Å²) in [5, 5.41) is 6.66. The minimum Gasteiger partial charge on any atom is -0.466 e. The van der Waals surface area contributed by atoms with Crippen molar-refractivity contribution in [2.24, 2.45) is 4.99 Å². The van der Waals surface area contributed by atoms with Crippen LogP contribution in [0.25, 0.3) is 0 Å². The summed E-state index contributed by atoms with van der Waals surface area (Å²) in [6.07, 6.45) is 2.52. The van der Waals surface area contributed by atoms with E-state index >= 15 is 0 Å². The lowest BCUT2D eigenvalue weighted by molar-refractivity contribution is 0.501. The first-order valence-electron chi connectivity index (χ1n) is 6.29. The molecule has 1 saturated carbocycles. The Labute approximate surface area is 126 Å². The number of aryl methyl sites for hydroxylation is 2. The zero-order valence-corrected chi connectivity index (χ0v) is 13.6. The van der Waals surface area contributed by atoms with E-state index in [1.807, 2.05) is 13.8 Å². The van der Waals surface area contributed by atoms with Gasteiger partial charge in [0.25, 0.3) is 0 Å². The highest BCUT2D eigenvalue weighted by Crippen LogP contribution is 2.18. The molecule has 1 aromatic rings. The number of nitrogens with zero attached hydrogens (tertiary/aromatic N) is 1. The molecule has 0 atom stereocenters. The Kier molecular flexibility index (Phi) is 5.98. The van der Waals surface area contributed by atoms with Gasteiger partial charge in [0, 0.05) is 18.2 Å². The van der Waals surface area contributed by atoms with Crippen molar-refractivity contribution in [1.82, 2.24) is 10.6 Å². The average molecular weight is 363 g/mol. The van der Waals surface area contributed by atoms with Crippen molar-refractivity contribution < 1.29 is 4.42 Å². The minimum absolute atomic E-state index is 0. The fraction of sp³-hybridized carbons (Fsp3) is 0.615. The maximum absolute atomic E-state index is 5.49. The van der Waals surface area contributed by atoms with Gasteiger partial charge in [0.15, 0.2) is 5.96 Å². The molecule has 4 nitrogen and oxygen atoms in total. The van der Waals surface area contributed by atoms with Gasteiger partial charge in [-0.3, -0.25) is 0 Å². The van der Waals surface area contributed by atoms with Crippen LogP contribution < -0.4 is 10.6 Å². The van der Waals surface area contributed by atoms with Crippen LogP contribution in [-0.2, 0) is 6.54 Å². The van der Waals surface area contributed by atoms with E-state index in [0.29, 0.717) is 12.6 Å². The van der Waals surface area contributed by atoms with E-state index < -0.39 is 0 Å². The molecule has 1 fully saturated rings. The fourth-order valence-electron chi connectivity index (χ4n) is 1.75. The third kappa shape index (κ3) is 4.51. The summed E-state index contributed by atoms with van der Waals surface area (Å²) >= 11 is 0. The molecule has 2 N–H and O–H groups in total. The third-order valence-electron chi connectivity index (χ3n) is 2.81. The summed E-state index contributed by atoms with van der Waals surface area (Å²) in [7, 11) is 0. The van der Waals surface area contributed by atoms with Gasteiger partial charge in [-0.05, 0) is 39.7 Å². The van der Waals surface area contributed by atoms with Crippen LogP contribution in [0.3, 0.4) is 0 Å².